The van der Waals surface area contributed by atoms with Crippen molar-refractivity contribution >= 4 is 0 Å². The van der Waals surface area contributed by atoms with Gasteiger partial charge in [-0.15, -0.1) is 0 Å². The van der Waals surface area contributed by atoms with Crippen LogP contribution in [0.15, 0.2) is 16.9 Å². The van der Waals surface area contributed by atoms with Crippen LogP contribution in [0.3, 0.4) is 0 Å². The molecular formula is C15H20N2O. The van der Waals surface area contributed by atoms with Crippen LogP contribution in [0.2, 0.25) is 0 Å². The second-order valence-corrected chi connectivity index (χ2v) is 5.39. The minimum absolute atomic E-state index is 0.0506. The van der Waals surface area contributed by atoms with Gasteiger partial charge in [0.05, 0.1) is 12.5 Å². The van der Waals surface area contributed by atoms with Crippen molar-refractivity contribution in [1.82, 2.24) is 4.57 Å². The van der Waals surface area contributed by atoms with Crippen molar-refractivity contribution in [2.75, 3.05) is 0 Å². The molecular weight excluding hydrogens is 224 g/mol. The van der Waals surface area contributed by atoms with E-state index >= 15 is 0 Å². The van der Waals surface area contributed by atoms with Crippen molar-refractivity contribution in [2.45, 2.75) is 57.9 Å². The zero-order valence-electron chi connectivity index (χ0n) is 11.1. The van der Waals surface area contributed by atoms with Crippen LogP contribution in [0, 0.1) is 11.3 Å². The molecule has 1 saturated carbocycles. The summed E-state index contributed by atoms with van der Waals surface area (Å²) in [4.78, 5) is 12.5. The van der Waals surface area contributed by atoms with Crippen molar-refractivity contribution in [1.29, 1.82) is 5.26 Å². The third-order valence-corrected chi connectivity index (χ3v) is 3.78. The lowest BCUT2D eigenvalue weighted by atomic mass is 10.0. The predicted octanol–water partition coefficient (Wildman–Crippen LogP) is 3.15. The number of hydrogen-bond donors (Lipinski definition) is 0. The minimum Gasteiger partial charge on any atom is -0.309 e. The SMILES string of the molecule is CC(C)c1ccc(CC#N)c(=O)n1C1CCCC1. The van der Waals surface area contributed by atoms with Crippen LogP contribution in [0.25, 0.3) is 0 Å². The summed E-state index contributed by atoms with van der Waals surface area (Å²) in [6, 6.07) is 6.27. The second-order valence-electron chi connectivity index (χ2n) is 5.39. The van der Waals surface area contributed by atoms with Gasteiger partial charge < -0.3 is 4.57 Å². The number of nitriles is 1. The quantitative estimate of drug-likeness (QED) is 0.820. The van der Waals surface area contributed by atoms with Gasteiger partial charge in [-0.3, -0.25) is 4.79 Å². The molecule has 1 aliphatic rings. The molecule has 0 spiro atoms. The zero-order chi connectivity index (χ0) is 13.1. The van der Waals surface area contributed by atoms with E-state index in [4.69, 9.17) is 5.26 Å². The summed E-state index contributed by atoms with van der Waals surface area (Å²) in [5.74, 6) is 0.342. The van der Waals surface area contributed by atoms with E-state index in [-0.39, 0.29) is 12.0 Å². The molecule has 0 unspecified atom stereocenters. The van der Waals surface area contributed by atoms with Gasteiger partial charge in [-0.05, 0) is 24.8 Å². The molecule has 0 aliphatic heterocycles. The number of aromatic nitrogens is 1. The van der Waals surface area contributed by atoms with Crippen LogP contribution in [0.5, 0.6) is 0 Å². The highest BCUT2D eigenvalue weighted by Crippen LogP contribution is 2.31. The molecule has 18 heavy (non-hydrogen) atoms. The lowest BCUT2D eigenvalue weighted by Gasteiger charge is -2.22. The number of hydrogen-bond acceptors (Lipinski definition) is 2. The smallest absolute Gasteiger partial charge is 0.255 e. The maximum absolute atomic E-state index is 12.5. The molecule has 1 heterocycles. The van der Waals surface area contributed by atoms with E-state index in [1.54, 1.807) is 0 Å². The van der Waals surface area contributed by atoms with Crippen LogP contribution in [-0.4, -0.2) is 4.57 Å². The Kier molecular flexibility index (Phi) is 3.86. The van der Waals surface area contributed by atoms with Crippen molar-refractivity contribution in [3.63, 3.8) is 0 Å². The van der Waals surface area contributed by atoms with Gasteiger partial charge in [-0.2, -0.15) is 5.26 Å². The molecule has 0 N–H and O–H groups in total. The second kappa shape index (κ2) is 5.39. The first-order valence-electron chi connectivity index (χ1n) is 6.76. The molecule has 0 amide bonds. The maximum Gasteiger partial charge on any atom is 0.255 e. The third-order valence-electron chi connectivity index (χ3n) is 3.78. The van der Waals surface area contributed by atoms with Crippen LogP contribution < -0.4 is 5.56 Å². The van der Waals surface area contributed by atoms with Gasteiger partial charge in [0.1, 0.15) is 0 Å². The normalized spacial score (nSPS) is 16.1. The Bertz CT molecular complexity index is 516. The predicted molar refractivity (Wildman–Crippen MR) is 71.6 cm³/mol. The van der Waals surface area contributed by atoms with Gasteiger partial charge in [-0.1, -0.05) is 32.8 Å². The van der Waals surface area contributed by atoms with Crippen LogP contribution >= 0.6 is 0 Å². The minimum atomic E-state index is 0.0506. The number of rotatable bonds is 3. The van der Waals surface area contributed by atoms with E-state index in [2.05, 4.69) is 19.9 Å². The average Bonchev–Trinajstić information content (AvgIpc) is 2.84. The van der Waals surface area contributed by atoms with Crippen LogP contribution in [0.1, 0.15) is 62.7 Å². The fourth-order valence-electron chi connectivity index (χ4n) is 2.84. The van der Waals surface area contributed by atoms with Gasteiger partial charge in [0.2, 0.25) is 0 Å². The summed E-state index contributed by atoms with van der Waals surface area (Å²) >= 11 is 0. The zero-order valence-corrected chi connectivity index (χ0v) is 11.1. The van der Waals surface area contributed by atoms with Crippen molar-refractivity contribution in [3.05, 3.63) is 33.7 Å². The highest BCUT2D eigenvalue weighted by molar-refractivity contribution is 5.21. The Balaban J connectivity index is 2.53. The molecule has 2 rings (SSSR count). The largest absolute Gasteiger partial charge is 0.309 e. The molecule has 1 aliphatic carbocycles. The molecule has 96 valence electrons. The Morgan fingerprint density at radius 3 is 2.61 bits per heavy atom. The fraction of sp³-hybridized carbons (Fsp3) is 0.600. The summed E-state index contributed by atoms with van der Waals surface area (Å²) in [7, 11) is 0. The molecule has 1 aromatic heterocycles. The standard InChI is InChI=1S/C15H20N2O/c1-11(2)14-8-7-12(9-10-16)15(18)17(14)13-5-3-4-6-13/h7-8,11,13H,3-6,9H2,1-2H3. The van der Waals surface area contributed by atoms with Gasteiger partial charge in [0.25, 0.3) is 5.56 Å². The fourth-order valence-corrected chi connectivity index (χ4v) is 2.84. The lowest BCUT2D eigenvalue weighted by Crippen LogP contribution is -2.29. The van der Waals surface area contributed by atoms with Gasteiger partial charge in [0, 0.05) is 17.3 Å². The van der Waals surface area contributed by atoms with E-state index in [0.717, 1.165) is 18.5 Å². The molecule has 0 radical (unpaired) electrons. The first-order valence-corrected chi connectivity index (χ1v) is 6.76. The van der Waals surface area contributed by atoms with E-state index in [0.29, 0.717) is 17.5 Å². The van der Waals surface area contributed by atoms with E-state index < -0.39 is 0 Å². The Labute approximate surface area is 108 Å². The first-order chi connectivity index (χ1) is 8.65. The third kappa shape index (κ3) is 2.33. The Hall–Kier alpha value is -1.56. The number of nitrogens with zero attached hydrogens (tertiary/aromatic N) is 2. The van der Waals surface area contributed by atoms with E-state index in [9.17, 15) is 4.79 Å². The highest BCUT2D eigenvalue weighted by Gasteiger charge is 2.22. The highest BCUT2D eigenvalue weighted by atomic mass is 16.1. The summed E-state index contributed by atoms with van der Waals surface area (Å²) in [5, 5.41) is 8.78. The van der Waals surface area contributed by atoms with Gasteiger partial charge in [-0.25, -0.2) is 0 Å². The van der Waals surface area contributed by atoms with Gasteiger partial charge in [0.15, 0.2) is 0 Å². The molecule has 0 saturated heterocycles. The molecule has 3 nitrogen and oxygen atoms in total. The summed E-state index contributed by atoms with van der Waals surface area (Å²) in [6.07, 6.45) is 4.81. The van der Waals surface area contributed by atoms with E-state index in [1.807, 2.05) is 16.7 Å². The van der Waals surface area contributed by atoms with Crippen molar-refractivity contribution < 1.29 is 0 Å². The van der Waals surface area contributed by atoms with Crippen molar-refractivity contribution in [3.8, 4) is 6.07 Å². The van der Waals surface area contributed by atoms with Crippen LogP contribution in [-0.2, 0) is 6.42 Å². The Morgan fingerprint density at radius 2 is 2.06 bits per heavy atom. The van der Waals surface area contributed by atoms with Crippen molar-refractivity contribution in [2.24, 2.45) is 0 Å². The summed E-state index contributed by atoms with van der Waals surface area (Å²) < 4.78 is 1.96. The molecule has 1 aromatic rings. The van der Waals surface area contributed by atoms with Gasteiger partial charge >= 0.3 is 0 Å². The molecule has 1 fully saturated rings. The summed E-state index contributed by atoms with van der Waals surface area (Å²) in [5.41, 5.74) is 1.79. The monoisotopic (exact) mass is 244 g/mol. The number of pyridine rings is 1. The molecule has 0 atom stereocenters. The molecule has 0 bridgehead atoms. The molecule has 3 heteroatoms. The summed E-state index contributed by atoms with van der Waals surface area (Å²) in [6.45, 7) is 4.23. The Morgan fingerprint density at radius 1 is 1.39 bits per heavy atom. The average molecular weight is 244 g/mol. The lowest BCUT2D eigenvalue weighted by molar-refractivity contribution is 0.471. The topological polar surface area (TPSA) is 45.8 Å². The molecule has 0 aromatic carbocycles. The van der Waals surface area contributed by atoms with E-state index in [1.165, 1.54) is 12.8 Å². The van der Waals surface area contributed by atoms with Crippen LogP contribution in [0.4, 0.5) is 0 Å². The maximum atomic E-state index is 12.5. The first kappa shape index (κ1) is 12.9.